The van der Waals surface area contributed by atoms with E-state index >= 15 is 0 Å². The van der Waals surface area contributed by atoms with Gasteiger partial charge in [0.1, 0.15) is 0 Å². The van der Waals surface area contributed by atoms with E-state index in [0.717, 1.165) is 38.9 Å². The monoisotopic (exact) mass is 418 g/mol. The number of aryl methyl sites for hydroxylation is 1. The number of rotatable bonds is 4. The molecule has 2 N–H and O–H groups in total. The second-order valence-corrected chi connectivity index (χ2v) is 7.79. The summed E-state index contributed by atoms with van der Waals surface area (Å²) in [6, 6.07) is 0.416. The van der Waals surface area contributed by atoms with Crippen LogP contribution in [0.25, 0.3) is 0 Å². The lowest BCUT2D eigenvalue weighted by Crippen LogP contribution is -2.47. The van der Waals surface area contributed by atoms with Gasteiger partial charge < -0.3 is 15.2 Å². The Morgan fingerprint density at radius 1 is 1.34 bits per heavy atom. The molecule has 2 bridgehead atoms. The zero-order chi connectivity index (χ0) is 21.2. The van der Waals surface area contributed by atoms with Crippen LogP contribution < -0.4 is 5.32 Å². The smallest absolute Gasteiger partial charge is 0.475 e. The number of carboxylic acids is 1. The molecule has 0 unspecified atom stereocenters. The maximum atomic E-state index is 12.4. The fourth-order valence-electron chi connectivity index (χ4n) is 3.81. The number of hydrogen-bond acceptors (Lipinski definition) is 5. The number of hydrogen-bond donors (Lipinski definition) is 2. The van der Waals surface area contributed by atoms with Crippen LogP contribution in [0.15, 0.2) is 12.4 Å². The average molecular weight is 418 g/mol. The molecule has 4 rings (SSSR count). The molecule has 11 heteroatoms. The van der Waals surface area contributed by atoms with Gasteiger partial charge in [0, 0.05) is 44.5 Å². The van der Waals surface area contributed by atoms with Crippen molar-refractivity contribution >= 4 is 11.9 Å². The first kappa shape index (κ1) is 21.6. The van der Waals surface area contributed by atoms with E-state index in [1.165, 1.54) is 12.0 Å². The van der Waals surface area contributed by atoms with Crippen molar-refractivity contribution in [1.29, 1.82) is 0 Å². The summed E-state index contributed by atoms with van der Waals surface area (Å²) in [5.74, 6) is -2.52. The summed E-state index contributed by atoms with van der Waals surface area (Å²) >= 11 is 0. The summed E-state index contributed by atoms with van der Waals surface area (Å²) in [5, 5.41) is 14.5. The second kappa shape index (κ2) is 8.70. The molecular weight excluding hydrogens is 393 g/mol. The predicted molar refractivity (Wildman–Crippen MR) is 94.7 cm³/mol. The molecule has 1 saturated carbocycles. The maximum absolute atomic E-state index is 12.4. The first-order valence-corrected chi connectivity index (χ1v) is 9.57. The Labute approximate surface area is 166 Å². The zero-order valence-electron chi connectivity index (χ0n) is 16.1. The number of likely N-dealkylation sites (tertiary alicyclic amines) is 1. The van der Waals surface area contributed by atoms with Gasteiger partial charge in [-0.15, -0.1) is 0 Å². The van der Waals surface area contributed by atoms with Crippen molar-refractivity contribution in [2.75, 3.05) is 13.1 Å². The van der Waals surface area contributed by atoms with Gasteiger partial charge in [-0.2, -0.15) is 18.3 Å². The topological polar surface area (TPSA) is 96.7 Å². The quantitative estimate of drug-likeness (QED) is 0.766. The third kappa shape index (κ3) is 5.69. The zero-order valence-corrected chi connectivity index (χ0v) is 16.1. The van der Waals surface area contributed by atoms with Gasteiger partial charge >= 0.3 is 12.1 Å². The van der Waals surface area contributed by atoms with E-state index < -0.39 is 12.1 Å². The highest BCUT2D eigenvalue weighted by atomic mass is 19.4. The van der Waals surface area contributed by atoms with E-state index in [1.54, 1.807) is 0 Å². The predicted octanol–water partition coefficient (Wildman–Crippen LogP) is 1.31. The van der Waals surface area contributed by atoms with Crippen LogP contribution in [0, 0.1) is 5.92 Å². The summed E-state index contributed by atoms with van der Waals surface area (Å²) in [7, 11) is 1.94. The number of aromatic nitrogens is 2. The fourth-order valence-corrected chi connectivity index (χ4v) is 3.81. The number of nitrogens with one attached hydrogen (secondary N) is 1. The Hall–Kier alpha value is -2.14. The van der Waals surface area contributed by atoms with Crippen molar-refractivity contribution in [3.8, 4) is 0 Å². The van der Waals surface area contributed by atoms with Gasteiger partial charge in [0.2, 0.25) is 5.91 Å². The summed E-state index contributed by atoms with van der Waals surface area (Å²) < 4.78 is 39.6. The second-order valence-electron chi connectivity index (χ2n) is 7.79. The molecule has 8 nitrogen and oxygen atoms in total. The molecule has 3 heterocycles. The van der Waals surface area contributed by atoms with Crippen LogP contribution in [0.2, 0.25) is 0 Å². The average Bonchev–Trinajstić information content (AvgIpc) is 3.13. The number of carbonyl (C=O) groups excluding carboxylic acids is 1. The lowest BCUT2D eigenvalue weighted by atomic mass is 9.91. The molecule has 2 aliphatic heterocycles. The molecule has 29 heavy (non-hydrogen) atoms. The standard InChI is InChI=1S/C16H24N4O2.C2HF3O2/c1-19-7-11(6-17-19)8-20-9-13-5-14(15(10-20)22-13)16(21)18-12-3-2-4-12;3-2(4,5)1(6)7/h6-7,12-15H,2-5,8-10H2,1H3,(H,18,21);(H,6,7)/t13-,14+,15-;/m1./s1. The number of halogens is 3. The minimum absolute atomic E-state index is 0.0319. The van der Waals surface area contributed by atoms with Gasteiger partial charge in [-0.05, 0) is 25.7 Å². The van der Waals surface area contributed by atoms with Crippen molar-refractivity contribution in [3.05, 3.63) is 18.0 Å². The Morgan fingerprint density at radius 2 is 2.03 bits per heavy atom. The molecule has 0 radical (unpaired) electrons. The van der Waals surface area contributed by atoms with Crippen LogP contribution >= 0.6 is 0 Å². The normalized spacial score (nSPS) is 27.0. The van der Waals surface area contributed by atoms with E-state index in [2.05, 4.69) is 21.5 Å². The molecule has 3 atom stereocenters. The summed E-state index contributed by atoms with van der Waals surface area (Å²) in [4.78, 5) is 23.7. The van der Waals surface area contributed by atoms with Crippen LogP contribution in [-0.2, 0) is 27.9 Å². The number of carboxylic acid groups (broad SMARTS) is 1. The summed E-state index contributed by atoms with van der Waals surface area (Å²) in [6.07, 6.45) is 3.53. The number of carbonyl (C=O) groups is 2. The molecule has 1 aliphatic carbocycles. The number of fused-ring (bicyclic) bond motifs is 2. The fraction of sp³-hybridized carbons (Fsp3) is 0.722. The van der Waals surface area contributed by atoms with E-state index in [0.29, 0.717) is 6.04 Å². The van der Waals surface area contributed by atoms with E-state index in [9.17, 15) is 18.0 Å². The summed E-state index contributed by atoms with van der Waals surface area (Å²) in [6.45, 7) is 2.65. The first-order valence-electron chi connectivity index (χ1n) is 9.57. The molecule has 162 valence electrons. The van der Waals surface area contributed by atoms with Gasteiger partial charge in [-0.3, -0.25) is 14.4 Å². The van der Waals surface area contributed by atoms with Crippen LogP contribution in [0.3, 0.4) is 0 Å². The minimum Gasteiger partial charge on any atom is -0.475 e. The van der Waals surface area contributed by atoms with Gasteiger partial charge in [-0.25, -0.2) is 4.79 Å². The molecular formula is C18H25F3N4O4. The maximum Gasteiger partial charge on any atom is 0.490 e. The number of aliphatic carboxylic acids is 1. The number of morpholine rings is 1. The van der Waals surface area contributed by atoms with Crippen molar-refractivity contribution in [2.45, 2.75) is 56.7 Å². The Bertz CT molecular complexity index is 735. The van der Waals surface area contributed by atoms with E-state index in [1.807, 2.05) is 17.9 Å². The summed E-state index contributed by atoms with van der Waals surface area (Å²) in [5.41, 5.74) is 1.22. The molecule has 3 aliphatic rings. The molecule has 3 fully saturated rings. The molecule has 2 saturated heterocycles. The molecule has 0 spiro atoms. The lowest BCUT2D eigenvalue weighted by Gasteiger charge is -2.33. The molecule has 0 aromatic carbocycles. The number of nitrogens with zero attached hydrogens (tertiary/aromatic N) is 3. The van der Waals surface area contributed by atoms with Crippen molar-refractivity contribution in [2.24, 2.45) is 13.0 Å². The molecule has 1 aromatic rings. The van der Waals surface area contributed by atoms with Gasteiger partial charge in [0.05, 0.1) is 24.3 Å². The largest absolute Gasteiger partial charge is 0.490 e. The van der Waals surface area contributed by atoms with Crippen molar-refractivity contribution < 1.29 is 32.6 Å². The Balaban J connectivity index is 0.000000298. The van der Waals surface area contributed by atoms with Crippen LogP contribution in [-0.4, -0.2) is 69.2 Å². The van der Waals surface area contributed by atoms with Crippen molar-refractivity contribution in [3.63, 3.8) is 0 Å². The first-order chi connectivity index (χ1) is 13.6. The van der Waals surface area contributed by atoms with Crippen LogP contribution in [0.5, 0.6) is 0 Å². The van der Waals surface area contributed by atoms with Gasteiger partial charge in [0.25, 0.3) is 0 Å². The minimum atomic E-state index is -5.08. The number of amides is 1. The van der Waals surface area contributed by atoms with Crippen LogP contribution in [0.1, 0.15) is 31.2 Å². The van der Waals surface area contributed by atoms with Gasteiger partial charge in [0.15, 0.2) is 0 Å². The van der Waals surface area contributed by atoms with E-state index in [4.69, 9.17) is 14.6 Å². The Morgan fingerprint density at radius 3 is 2.55 bits per heavy atom. The third-order valence-electron chi connectivity index (χ3n) is 5.43. The SMILES string of the molecule is Cn1cc(CN2C[C@H]3C[C@H](C(=O)NC4CCC4)[C@@H](C2)O3)cn1.O=C(O)C(F)(F)F. The lowest BCUT2D eigenvalue weighted by molar-refractivity contribution is -0.192. The van der Waals surface area contributed by atoms with E-state index in [-0.39, 0.29) is 24.0 Å². The highest BCUT2D eigenvalue weighted by molar-refractivity contribution is 5.80. The molecule has 1 aromatic heterocycles. The third-order valence-corrected chi connectivity index (χ3v) is 5.43. The van der Waals surface area contributed by atoms with Gasteiger partial charge in [-0.1, -0.05) is 0 Å². The van der Waals surface area contributed by atoms with Crippen LogP contribution in [0.4, 0.5) is 13.2 Å². The number of ether oxygens (including phenoxy) is 1. The van der Waals surface area contributed by atoms with Crippen molar-refractivity contribution in [1.82, 2.24) is 20.0 Å². The highest BCUT2D eigenvalue weighted by Crippen LogP contribution is 2.33. The number of alkyl halides is 3. The Kier molecular flexibility index (Phi) is 6.47. The highest BCUT2D eigenvalue weighted by Gasteiger charge is 2.45. The molecule has 1 amide bonds.